The fourth-order valence-corrected chi connectivity index (χ4v) is 5.06. The zero-order valence-corrected chi connectivity index (χ0v) is 17.9. The molecule has 30 heavy (non-hydrogen) atoms. The first-order valence-corrected chi connectivity index (χ1v) is 11.3. The highest BCUT2D eigenvalue weighted by atomic mass is 16.5. The molecule has 1 aromatic heterocycles. The van der Waals surface area contributed by atoms with Crippen LogP contribution in [-0.4, -0.2) is 49.2 Å². The Bertz CT molecular complexity index is 987. The van der Waals surface area contributed by atoms with Crippen LogP contribution in [0.3, 0.4) is 0 Å². The molecule has 0 aliphatic carbocycles. The van der Waals surface area contributed by atoms with Crippen LogP contribution in [-0.2, 0) is 0 Å². The Labute approximate surface area is 179 Å². The quantitative estimate of drug-likeness (QED) is 0.588. The molecule has 2 aliphatic heterocycles. The van der Waals surface area contributed by atoms with E-state index in [0.29, 0.717) is 0 Å². The predicted molar refractivity (Wildman–Crippen MR) is 124 cm³/mol. The van der Waals surface area contributed by atoms with Crippen molar-refractivity contribution in [3.8, 4) is 17.0 Å². The van der Waals surface area contributed by atoms with Crippen LogP contribution in [0.25, 0.3) is 22.0 Å². The third kappa shape index (κ3) is 3.89. The maximum atomic E-state index is 5.32. The molecule has 2 aliphatic rings. The van der Waals surface area contributed by atoms with Gasteiger partial charge < -0.3 is 14.5 Å². The van der Waals surface area contributed by atoms with Gasteiger partial charge in [-0.15, -0.1) is 0 Å². The first kappa shape index (κ1) is 19.4. The van der Waals surface area contributed by atoms with Crippen molar-refractivity contribution >= 4 is 16.6 Å². The number of benzene rings is 2. The second-order valence-corrected chi connectivity index (χ2v) is 8.60. The molecule has 0 saturated carbocycles. The second-order valence-electron chi connectivity index (χ2n) is 8.60. The lowest BCUT2D eigenvalue weighted by molar-refractivity contribution is 0.141. The van der Waals surface area contributed by atoms with Crippen molar-refractivity contribution in [2.24, 2.45) is 0 Å². The number of aromatic nitrogens is 1. The number of ether oxygens (including phenoxy) is 1. The molecule has 0 radical (unpaired) electrons. The molecule has 0 N–H and O–H groups in total. The lowest BCUT2D eigenvalue weighted by Gasteiger charge is -2.40. The van der Waals surface area contributed by atoms with Gasteiger partial charge in [-0.3, -0.25) is 0 Å². The zero-order valence-electron chi connectivity index (χ0n) is 17.9. The van der Waals surface area contributed by atoms with Crippen LogP contribution in [0.5, 0.6) is 5.75 Å². The number of hydrogen-bond acceptors (Lipinski definition) is 4. The van der Waals surface area contributed by atoms with Crippen molar-refractivity contribution in [1.29, 1.82) is 0 Å². The minimum absolute atomic E-state index is 0.748. The van der Waals surface area contributed by atoms with Gasteiger partial charge in [0.2, 0.25) is 0 Å². The van der Waals surface area contributed by atoms with E-state index in [9.17, 15) is 0 Å². The Morgan fingerprint density at radius 3 is 2.33 bits per heavy atom. The van der Waals surface area contributed by atoms with Gasteiger partial charge >= 0.3 is 0 Å². The van der Waals surface area contributed by atoms with Crippen LogP contribution >= 0.6 is 0 Å². The Morgan fingerprint density at radius 1 is 0.867 bits per heavy atom. The molecule has 4 nitrogen and oxygen atoms in total. The Hall–Kier alpha value is -2.59. The van der Waals surface area contributed by atoms with E-state index in [-0.39, 0.29) is 0 Å². The smallest absolute Gasteiger partial charge is 0.137 e. The third-order valence-corrected chi connectivity index (χ3v) is 6.78. The SMILES string of the molecule is COc1ccc(-c2cc3ccccc3c(N3CCC(N4CCCCC4)CC3)n2)cc1. The first-order chi connectivity index (χ1) is 14.8. The van der Waals surface area contributed by atoms with Gasteiger partial charge in [-0.2, -0.15) is 0 Å². The van der Waals surface area contributed by atoms with Crippen molar-refractivity contribution in [3.05, 3.63) is 54.6 Å². The lowest BCUT2D eigenvalue weighted by atomic mass is 9.99. The molecule has 5 rings (SSSR count). The van der Waals surface area contributed by atoms with E-state index >= 15 is 0 Å². The zero-order chi connectivity index (χ0) is 20.3. The largest absolute Gasteiger partial charge is 0.497 e. The standard InChI is InChI=1S/C26H31N3O/c1-30-23-11-9-20(10-12-23)25-19-21-7-3-4-8-24(21)26(27-25)29-17-13-22(14-18-29)28-15-5-2-6-16-28/h3-4,7-12,19,22H,2,5-6,13-18H2,1H3. The van der Waals surface area contributed by atoms with Crippen LogP contribution in [0.4, 0.5) is 5.82 Å². The fraction of sp³-hybridized carbons (Fsp3) is 0.423. The average molecular weight is 402 g/mol. The summed E-state index contributed by atoms with van der Waals surface area (Å²) in [6, 6.07) is 19.8. The lowest BCUT2D eigenvalue weighted by Crippen LogP contribution is -2.47. The Kier molecular flexibility index (Phi) is 5.58. The highest BCUT2D eigenvalue weighted by Gasteiger charge is 2.27. The van der Waals surface area contributed by atoms with Crippen LogP contribution in [0.15, 0.2) is 54.6 Å². The second kappa shape index (κ2) is 8.65. The van der Waals surface area contributed by atoms with Crippen LogP contribution in [0.2, 0.25) is 0 Å². The summed E-state index contributed by atoms with van der Waals surface area (Å²) in [6.07, 6.45) is 6.63. The number of nitrogens with zero attached hydrogens (tertiary/aromatic N) is 3. The van der Waals surface area contributed by atoms with Crippen molar-refractivity contribution in [3.63, 3.8) is 0 Å². The summed E-state index contributed by atoms with van der Waals surface area (Å²) in [4.78, 5) is 10.4. The number of pyridine rings is 1. The molecular formula is C26H31N3O. The number of fused-ring (bicyclic) bond motifs is 1. The molecule has 4 heteroatoms. The van der Waals surface area contributed by atoms with Gasteiger partial charge in [0.25, 0.3) is 0 Å². The minimum atomic E-state index is 0.748. The van der Waals surface area contributed by atoms with E-state index in [0.717, 1.165) is 42.0 Å². The highest BCUT2D eigenvalue weighted by molar-refractivity contribution is 5.95. The van der Waals surface area contributed by atoms with Crippen LogP contribution in [0.1, 0.15) is 32.1 Å². The van der Waals surface area contributed by atoms with E-state index in [2.05, 4.69) is 52.3 Å². The maximum absolute atomic E-state index is 5.32. The van der Waals surface area contributed by atoms with Crippen molar-refractivity contribution in [2.45, 2.75) is 38.1 Å². The average Bonchev–Trinajstić information content (AvgIpc) is 2.84. The van der Waals surface area contributed by atoms with E-state index < -0.39 is 0 Å². The van der Waals surface area contributed by atoms with E-state index in [1.165, 1.54) is 56.0 Å². The Balaban J connectivity index is 1.43. The van der Waals surface area contributed by atoms with Crippen LogP contribution < -0.4 is 9.64 Å². The van der Waals surface area contributed by atoms with Gasteiger partial charge in [0.1, 0.15) is 11.6 Å². The molecule has 0 bridgehead atoms. The highest BCUT2D eigenvalue weighted by Crippen LogP contribution is 2.33. The van der Waals surface area contributed by atoms with Crippen molar-refractivity contribution < 1.29 is 4.74 Å². The number of hydrogen-bond donors (Lipinski definition) is 0. The number of likely N-dealkylation sites (tertiary alicyclic amines) is 1. The molecule has 0 spiro atoms. The molecule has 2 saturated heterocycles. The minimum Gasteiger partial charge on any atom is -0.497 e. The molecule has 3 heterocycles. The van der Waals surface area contributed by atoms with E-state index in [1.54, 1.807) is 7.11 Å². The molecule has 0 unspecified atom stereocenters. The molecule has 2 fully saturated rings. The first-order valence-electron chi connectivity index (χ1n) is 11.3. The van der Waals surface area contributed by atoms with Gasteiger partial charge in [0.05, 0.1) is 12.8 Å². The fourth-order valence-electron chi connectivity index (χ4n) is 5.06. The number of methoxy groups -OCH3 is 1. The number of rotatable bonds is 4. The molecule has 0 atom stereocenters. The predicted octanol–water partition coefficient (Wildman–Crippen LogP) is 5.37. The summed E-state index contributed by atoms with van der Waals surface area (Å²) in [7, 11) is 1.70. The van der Waals surface area contributed by atoms with Gasteiger partial charge in [0.15, 0.2) is 0 Å². The van der Waals surface area contributed by atoms with E-state index in [4.69, 9.17) is 9.72 Å². The van der Waals surface area contributed by atoms with Crippen LogP contribution in [0, 0.1) is 0 Å². The summed E-state index contributed by atoms with van der Waals surface area (Å²) in [5, 5.41) is 2.51. The number of anilines is 1. The normalized spacial score (nSPS) is 18.6. The molecular weight excluding hydrogens is 370 g/mol. The third-order valence-electron chi connectivity index (χ3n) is 6.78. The maximum Gasteiger partial charge on any atom is 0.137 e. The Morgan fingerprint density at radius 2 is 1.60 bits per heavy atom. The van der Waals surface area contributed by atoms with Crippen molar-refractivity contribution in [1.82, 2.24) is 9.88 Å². The van der Waals surface area contributed by atoms with Gasteiger partial charge in [0, 0.05) is 30.1 Å². The number of piperidine rings is 2. The molecule has 3 aromatic rings. The van der Waals surface area contributed by atoms with Crippen molar-refractivity contribution in [2.75, 3.05) is 38.2 Å². The summed E-state index contributed by atoms with van der Waals surface area (Å²) < 4.78 is 5.32. The monoisotopic (exact) mass is 401 g/mol. The van der Waals surface area contributed by atoms with Gasteiger partial charge in [-0.25, -0.2) is 4.98 Å². The molecule has 2 aromatic carbocycles. The topological polar surface area (TPSA) is 28.6 Å². The summed E-state index contributed by atoms with van der Waals surface area (Å²) in [5.41, 5.74) is 2.16. The van der Waals surface area contributed by atoms with Gasteiger partial charge in [-0.1, -0.05) is 30.7 Å². The summed E-state index contributed by atoms with van der Waals surface area (Å²) in [6.45, 7) is 4.76. The molecule has 156 valence electrons. The van der Waals surface area contributed by atoms with E-state index in [1.807, 2.05) is 12.1 Å². The van der Waals surface area contributed by atoms with Gasteiger partial charge in [-0.05, 0) is 74.5 Å². The molecule has 0 amide bonds. The summed E-state index contributed by atoms with van der Waals surface area (Å²) in [5.74, 6) is 2.01. The summed E-state index contributed by atoms with van der Waals surface area (Å²) >= 11 is 0.